The number of H-pyrrole nitrogens is 1. The normalized spacial score (nSPS) is 15.3. The number of benzene rings is 2. The largest absolute Gasteiger partial charge is 0.508 e. The lowest BCUT2D eigenvalue weighted by atomic mass is 9.71. The van der Waals surface area contributed by atoms with E-state index in [0.717, 1.165) is 22.2 Å². The van der Waals surface area contributed by atoms with Crippen LogP contribution in [-0.2, 0) is 5.41 Å². The summed E-state index contributed by atoms with van der Waals surface area (Å²) in [5.74, 6) is 0.0469. The van der Waals surface area contributed by atoms with Gasteiger partial charge in [-0.3, -0.25) is 4.79 Å². The first-order valence-corrected chi connectivity index (χ1v) is 7.36. The molecule has 0 saturated heterocycles. The van der Waals surface area contributed by atoms with Crippen molar-refractivity contribution < 1.29 is 15.1 Å². The molecule has 0 aliphatic heterocycles. The van der Waals surface area contributed by atoms with Gasteiger partial charge in [-0.05, 0) is 29.8 Å². The average molecular weight is 307 g/mol. The fourth-order valence-corrected chi connectivity index (χ4v) is 3.48. The van der Waals surface area contributed by atoms with Gasteiger partial charge in [-0.1, -0.05) is 13.8 Å². The number of hydrogen-bond donors (Lipinski definition) is 3. The highest BCUT2D eigenvalue weighted by molar-refractivity contribution is 6.20. The first-order chi connectivity index (χ1) is 10.9. The van der Waals surface area contributed by atoms with Crippen molar-refractivity contribution in [3.8, 4) is 5.75 Å². The molecule has 23 heavy (non-hydrogen) atoms. The zero-order valence-corrected chi connectivity index (χ0v) is 12.7. The fourth-order valence-electron chi connectivity index (χ4n) is 3.48. The van der Waals surface area contributed by atoms with Crippen molar-refractivity contribution in [1.29, 1.82) is 0 Å². The minimum Gasteiger partial charge on any atom is -0.508 e. The number of fused-ring (bicyclic) bond motifs is 4. The molecule has 114 valence electrons. The molecular weight excluding hydrogens is 292 g/mol. The number of phenols is 1. The number of ketones is 1. The number of aromatic hydroxyl groups is 1. The Hall–Kier alpha value is -2.95. The molecule has 3 N–H and O–H groups in total. The molecule has 1 aliphatic rings. The smallest absolute Gasteiger partial charge is 0.254 e. The Labute approximate surface area is 131 Å². The summed E-state index contributed by atoms with van der Waals surface area (Å²) in [7, 11) is 0. The molecule has 1 aromatic heterocycles. The van der Waals surface area contributed by atoms with E-state index in [4.69, 9.17) is 0 Å². The molecule has 0 atom stereocenters. The third-order valence-corrected chi connectivity index (χ3v) is 4.69. The van der Waals surface area contributed by atoms with E-state index in [1.54, 1.807) is 30.3 Å². The van der Waals surface area contributed by atoms with Gasteiger partial charge in [0, 0.05) is 49.8 Å². The number of nitroso groups, excluding NO2 is 1. The van der Waals surface area contributed by atoms with Gasteiger partial charge < -0.3 is 10.1 Å². The predicted molar refractivity (Wildman–Crippen MR) is 86.0 cm³/mol. The molecule has 0 unspecified atom stereocenters. The van der Waals surface area contributed by atoms with E-state index in [1.807, 2.05) is 19.0 Å². The van der Waals surface area contributed by atoms with E-state index in [9.17, 15) is 14.8 Å². The number of phenolic OH excluding ortho intramolecular Hbond substituents is 1. The molecule has 1 aliphatic carbocycles. The number of aromatic nitrogens is 1. The van der Waals surface area contributed by atoms with Crippen LogP contribution >= 0.6 is 0 Å². The summed E-state index contributed by atoms with van der Waals surface area (Å²) in [6.45, 7) is 4.03. The zero-order chi connectivity index (χ0) is 16.4. The highest BCUT2D eigenvalue weighted by Crippen LogP contribution is 2.44. The molecule has 0 bridgehead atoms. The maximum atomic E-state index is 13.0. The number of aromatic amines is 1. The Balaban J connectivity index is 2.11. The van der Waals surface area contributed by atoms with Gasteiger partial charge in [0.05, 0.1) is 5.56 Å². The molecule has 0 spiro atoms. The number of rotatable bonds is 1. The summed E-state index contributed by atoms with van der Waals surface area (Å²) in [5.41, 5.74) is 3.56. The van der Waals surface area contributed by atoms with Gasteiger partial charge in [-0.15, -0.1) is 0 Å². The van der Waals surface area contributed by atoms with Crippen LogP contribution in [0.4, 0.5) is 5.69 Å². The Bertz CT molecular complexity index is 999. The quantitative estimate of drug-likeness (QED) is 0.644. The van der Waals surface area contributed by atoms with Crippen LogP contribution < -0.4 is 5.18 Å². The molecule has 0 fully saturated rings. The summed E-state index contributed by atoms with van der Waals surface area (Å²) in [6, 6.07) is 9.99. The van der Waals surface area contributed by atoms with Gasteiger partial charge in [0.2, 0.25) is 0 Å². The molecule has 4 rings (SSSR count). The molecule has 3 aromatic rings. The lowest BCUT2D eigenvalue weighted by molar-refractivity contribution is -0.379. The number of carbonyl (C=O) groups is 1. The predicted octanol–water partition coefficient (Wildman–Crippen LogP) is 2.22. The van der Waals surface area contributed by atoms with E-state index in [2.05, 4.69) is 4.98 Å². The van der Waals surface area contributed by atoms with Crippen LogP contribution in [0.1, 0.15) is 41.0 Å². The molecular formula is C18H15N2O3+. The third-order valence-electron chi connectivity index (χ3n) is 4.69. The fraction of sp³-hybridized carbons (Fsp3) is 0.167. The zero-order valence-electron chi connectivity index (χ0n) is 12.7. The Kier molecular flexibility index (Phi) is 2.55. The molecule has 5 heteroatoms. The van der Waals surface area contributed by atoms with Crippen molar-refractivity contribution in [3.63, 3.8) is 0 Å². The van der Waals surface area contributed by atoms with Gasteiger partial charge in [0.1, 0.15) is 5.75 Å². The average Bonchev–Trinajstić information content (AvgIpc) is 2.92. The molecule has 1 heterocycles. The second-order valence-electron chi connectivity index (χ2n) is 6.42. The van der Waals surface area contributed by atoms with Gasteiger partial charge in [0.15, 0.2) is 5.78 Å². The summed E-state index contributed by atoms with van der Waals surface area (Å²) in [5, 5.41) is 12.4. The first-order valence-electron chi connectivity index (χ1n) is 7.36. The van der Waals surface area contributed by atoms with Crippen LogP contribution in [0.2, 0.25) is 0 Å². The minimum absolute atomic E-state index is 0.0939. The maximum absolute atomic E-state index is 13.0. The standard InChI is InChI=1S/C18H14N2O3/c1-18(2)13-8-10(21)4-5-11(13)16(22)15-12-7-9(20-23)3-6-14(12)19-17(15)18/h3-8,19,21H,1-2H3/p+1. The molecule has 5 nitrogen and oxygen atoms in total. The Morgan fingerprint density at radius 2 is 1.91 bits per heavy atom. The number of hydrogen-bond acceptors (Lipinski definition) is 3. The summed E-state index contributed by atoms with van der Waals surface area (Å²) in [4.78, 5) is 27.2. The van der Waals surface area contributed by atoms with Crippen molar-refractivity contribution in [2.24, 2.45) is 0 Å². The molecule has 0 amide bonds. The SMILES string of the molecule is CC1(C)c2cc(O)ccc2C(=O)c2c1[nH]c1ccc([NH+]=O)cc21. The number of carbonyl (C=O) groups excluding carboxylic acids is 1. The molecule has 0 radical (unpaired) electrons. The van der Waals surface area contributed by atoms with Gasteiger partial charge in [-0.25, -0.2) is 0 Å². The van der Waals surface area contributed by atoms with E-state index < -0.39 is 5.41 Å². The van der Waals surface area contributed by atoms with E-state index in [0.29, 0.717) is 16.8 Å². The van der Waals surface area contributed by atoms with E-state index >= 15 is 0 Å². The van der Waals surface area contributed by atoms with Crippen molar-refractivity contribution in [2.45, 2.75) is 19.3 Å². The van der Waals surface area contributed by atoms with Gasteiger partial charge in [0.25, 0.3) is 5.69 Å². The van der Waals surface area contributed by atoms with Crippen LogP contribution in [-0.4, -0.2) is 15.9 Å². The summed E-state index contributed by atoms with van der Waals surface area (Å²) in [6.07, 6.45) is 0. The topological polar surface area (TPSA) is 84.1 Å². The molecule has 2 aromatic carbocycles. The van der Waals surface area contributed by atoms with E-state index in [-0.39, 0.29) is 11.5 Å². The highest BCUT2D eigenvalue weighted by Gasteiger charge is 2.39. The van der Waals surface area contributed by atoms with Gasteiger partial charge >= 0.3 is 0 Å². The summed E-state index contributed by atoms with van der Waals surface area (Å²) < 4.78 is 0. The van der Waals surface area contributed by atoms with Crippen LogP contribution in [0.3, 0.4) is 0 Å². The monoisotopic (exact) mass is 307 g/mol. The van der Waals surface area contributed by atoms with Crippen molar-refractivity contribution in [1.82, 2.24) is 4.98 Å². The van der Waals surface area contributed by atoms with Crippen LogP contribution in [0, 0.1) is 4.91 Å². The Morgan fingerprint density at radius 3 is 2.65 bits per heavy atom. The first kappa shape index (κ1) is 13.7. The van der Waals surface area contributed by atoms with Crippen molar-refractivity contribution in [3.05, 3.63) is 63.7 Å². The second-order valence-corrected chi connectivity index (χ2v) is 6.42. The Morgan fingerprint density at radius 1 is 1.13 bits per heavy atom. The van der Waals surface area contributed by atoms with Crippen molar-refractivity contribution >= 4 is 22.4 Å². The third kappa shape index (κ3) is 1.70. The van der Waals surface area contributed by atoms with Crippen LogP contribution in [0.5, 0.6) is 5.75 Å². The van der Waals surface area contributed by atoms with Crippen LogP contribution in [0.15, 0.2) is 36.4 Å². The van der Waals surface area contributed by atoms with Gasteiger partial charge in [-0.2, -0.15) is 0 Å². The minimum atomic E-state index is -0.457. The highest BCUT2D eigenvalue weighted by atomic mass is 16.3. The van der Waals surface area contributed by atoms with E-state index in [1.165, 1.54) is 6.07 Å². The van der Waals surface area contributed by atoms with Crippen LogP contribution in [0.25, 0.3) is 10.9 Å². The molecule has 0 saturated carbocycles. The maximum Gasteiger partial charge on any atom is 0.254 e. The lowest BCUT2D eigenvalue weighted by Crippen LogP contribution is -2.55. The summed E-state index contributed by atoms with van der Waals surface area (Å²) >= 11 is 0. The lowest BCUT2D eigenvalue weighted by Gasteiger charge is -2.32. The number of nitrogens with one attached hydrogen (secondary N) is 2. The second kappa shape index (κ2) is 4.29. The van der Waals surface area contributed by atoms with Crippen molar-refractivity contribution in [2.75, 3.05) is 0 Å².